The number of carbonyl (C=O) groups excluding carboxylic acids is 1. The Hall–Kier alpha value is -2.14. The molecule has 0 aromatic carbocycles. The third-order valence-corrected chi connectivity index (χ3v) is 3.11. The van der Waals surface area contributed by atoms with Gasteiger partial charge in [0, 0.05) is 6.54 Å². The molecule has 1 N–H and O–H groups in total. The van der Waals surface area contributed by atoms with Crippen molar-refractivity contribution in [2.45, 2.75) is 0 Å². The van der Waals surface area contributed by atoms with Gasteiger partial charge in [0.2, 0.25) is 5.88 Å². The number of pyridine rings is 1. The van der Waals surface area contributed by atoms with Crippen LogP contribution in [-0.4, -0.2) is 35.5 Å². The lowest BCUT2D eigenvalue weighted by atomic mass is 10.2. The number of amides is 1. The van der Waals surface area contributed by atoms with Gasteiger partial charge in [0.05, 0.1) is 12.1 Å². The molecule has 5 heteroatoms. The summed E-state index contributed by atoms with van der Waals surface area (Å²) in [6.07, 6.45) is 5.31. The van der Waals surface area contributed by atoms with Gasteiger partial charge in [0.15, 0.2) is 0 Å². The van der Waals surface area contributed by atoms with Gasteiger partial charge in [-0.25, -0.2) is 0 Å². The fourth-order valence-electron chi connectivity index (χ4n) is 1.92. The maximum Gasteiger partial charge on any atom is 0.259 e. The van der Waals surface area contributed by atoms with Gasteiger partial charge in [0.1, 0.15) is 11.2 Å². The van der Waals surface area contributed by atoms with Gasteiger partial charge in [-0.15, -0.1) is 0 Å². The number of aromatic amines is 1. The lowest BCUT2D eigenvalue weighted by molar-refractivity contribution is 0.0772. The summed E-state index contributed by atoms with van der Waals surface area (Å²) in [6, 6.07) is 3.38. The number of allylic oxidation sites excluding steroid dienone is 2. The SMILES string of the molecule is C=C/C=C\C(=C)CN1CCOc2[nH]c(=S)ccc2C1=O. The van der Waals surface area contributed by atoms with Gasteiger partial charge in [-0.2, -0.15) is 0 Å². The van der Waals surface area contributed by atoms with Crippen molar-refractivity contribution in [2.75, 3.05) is 19.7 Å². The summed E-state index contributed by atoms with van der Waals surface area (Å²) in [6.45, 7) is 8.92. The van der Waals surface area contributed by atoms with Gasteiger partial charge in [0.25, 0.3) is 5.91 Å². The van der Waals surface area contributed by atoms with Crippen LogP contribution in [0.4, 0.5) is 0 Å². The van der Waals surface area contributed by atoms with Crippen molar-refractivity contribution < 1.29 is 9.53 Å². The highest BCUT2D eigenvalue weighted by atomic mass is 32.1. The normalized spacial score (nSPS) is 14.6. The summed E-state index contributed by atoms with van der Waals surface area (Å²) in [5, 5.41) is 0. The largest absolute Gasteiger partial charge is 0.476 e. The molecule has 1 aliphatic heterocycles. The first-order chi connectivity index (χ1) is 9.61. The number of fused-ring (bicyclic) bond motifs is 1. The molecule has 0 fully saturated rings. The van der Waals surface area contributed by atoms with E-state index in [0.29, 0.717) is 35.8 Å². The monoisotopic (exact) mass is 288 g/mol. The predicted octanol–water partition coefficient (Wildman–Crippen LogP) is 2.88. The number of rotatable bonds is 4. The standard InChI is InChI=1S/C15H16N2O2S/c1-3-4-5-11(2)10-17-8-9-19-14-12(15(17)18)6-7-13(20)16-14/h3-7H,1-2,8-10H2,(H,16,20)/b5-4-. The summed E-state index contributed by atoms with van der Waals surface area (Å²) in [5.74, 6) is 0.356. The van der Waals surface area contributed by atoms with Crippen molar-refractivity contribution in [3.05, 3.63) is 59.3 Å². The van der Waals surface area contributed by atoms with E-state index in [9.17, 15) is 4.79 Å². The second kappa shape index (κ2) is 6.34. The van der Waals surface area contributed by atoms with Crippen LogP contribution in [0.1, 0.15) is 10.4 Å². The zero-order valence-corrected chi connectivity index (χ0v) is 11.9. The quantitative estimate of drug-likeness (QED) is 0.684. The van der Waals surface area contributed by atoms with E-state index < -0.39 is 0 Å². The molecule has 20 heavy (non-hydrogen) atoms. The Labute approximate surface area is 123 Å². The topological polar surface area (TPSA) is 45.3 Å². The third-order valence-electron chi connectivity index (χ3n) is 2.87. The van der Waals surface area contributed by atoms with E-state index in [0.717, 1.165) is 5.57 Å². The Bertz CT molecular complexity index is 631. The smallest absolute Gasteiger partial charge is 0.259 e. The molecule has 1 aromatic rings. The fourth-order valence-corrected chi connectivity index (χ4v) is 2.08. The molecule has 4 nitrogen and oxygen atoms in total. The van der Waals surface area contributed by atoms with Crippen molar-refractivity contribution in [1.29, 1.82) is 0 Å². The molecule has 104 valence electrons. The van der Waals surface area contributed by atoms with Gasteiger partial charge in [-0.1, -0.05) is 43.6 Å². The molecular formula is C15H16N2O2S. The first-order valence-corrected chi connectivity index (χ1v) is 6.65. The van der Waals surface area contributed by atoms with Crippen LogP contribution >= 0.6 is 12.2 Å². The minimum absolute atomic E-state index is 0.0862. The van der Waals surface area contributed by atoms with E-state index in [1.165, 1.54) is 0 Å². The van der Waals surface area contributed by atoms with Crippen LogP contribution in [0.25, 0.3) is 0 Å². The van der Waals surface area contributed by atoms with Crippen LogP contribution in [0, 0.1) is 4.64 Å². The molecule has 1 aromatic heterocycles. The van der Waals surface area contributed by atoms with E-state index in [1.807, 2.05) is 6.08 Å². The molecule has 0 saturated carbocycles. The lowest BCUT2D eigenvalue weighted by Gasteiger charge is -2.19. The molecule has 0 aliphatic carbocycles. The lowest BCUT2D eigenvalue weighted by Crippen LogP contribution is -2.33. The Morgan fingerprint density at radius 1 is 1.55 bits per heavy atom. The first-order valence-electron chi connectivity index (χ1n) is 6.24. The summed E-state index contributed by atoms with van der Waals surface area (Å²) in [7, 11) is 0. The molecule has 0 spiro atoms. The number of hydrogen-bond acceptors (Lipinski definition) is 3. The maximum absolute atomic E-state index is 12.5. The molecule has 0 bridgehead atoms. The van der Waals surface area contributed by atoms with Gasteiger partial charge >= 0.3 is 0 Å². The summed E-state index contributed by atoms with van der Waals surface area (Å²) in [4.78, 5) is 17.1. The van der Waals surface area contributed by atoms with Crippen LogP contribution in [0.3, 0.4) is 0 Å². The molecule has 2 rings (SSSR count). The number of hydrogen-bond donors (Lipinski definition) is 1. The zero-order valence-electron chi connectivity index (χ0n) is 11.1. The number of nitrogens with zero attached hydrogens (tertiary/aromatic N) is 1. The number of carbonyl (C=O) groups is 1. The highest BCUT2D eigenvalue weighted by Crippen LogP contribution is 2.20. The number of nitrogens with one attached hydrogen (secondary N) is 1. The van der Waals surface area contributed by atoms with Gasteiger partial charge in [-0.3, -0.25) is 4.79 Å². The molecule has 0 atom stereocenters. The van der Waals surface area contributed by atoms with Crippen molar-refractivity contribution in [1.82, 2.24) is 9.88 Å². The van der Waals surface area contributed by atoms with E-state index in [1.54, 1.807) is 29.2 Å². The summed E-state index contributed by atoms with van der Waals surface area (Å²) < 4.78 is 6.09. The summed E-state index contributed by atoms with van der Waals surface area (Å²) >= 11 is 5.03. The Morgan fingerprint density at radius 2 is 2.35 bits per heavy atom. The van der Waals surface area contributed by atoms with Crippen LogP contribution in [0.2, 0.25) is 0 Å². The Balaban J connectivity index is 2.21. The predicted molar refractivity (Wildman–Crippen MR) is 81.5 cm³/mol. The fraction of sp³-hybridized carbons (Fsp3) is 0.200. The van der Waals surface area contributed by atoms with E-state index in [-0.39, 0.29) is 5.91 Å². The van der Waals surface area contributed by atoms with Gasteiger partial charge < -0.3 is 14.6 Å². The number of H-pyrrole nitrogens is 1. The van der Waals surface area contributed by atoms with Gasteiger partial charge in [-0.05, 0) is 17.7 Å². The molecular weight excluding hydrogens is 272 g/mol. The van der Waals surface area contributed by atoms with Crippen LogP contribution in [-0.2, 0) is 0 Å². The van der Waals surface area contributed by atoms with E-state index in [4.69, 9.17) is 17.0 Å². The molecule has 0 radical (unpaired) electrons. The summed E-state index contributed by atoms with van der Waals surface area (Å²) in [5.41, 5.74) is 1.34. The third kappa shape index (κ3) is 3.24. The Kier molecular flexibility index (Phi) is 4.53. The molecule has 1 aliphatic rings. The second-order valence-corrected chi connectivity index (χ2v) is 4.83. The molecule has 0 saturated heterocycles. The number of aromatic nitrogens is 1. The molecule has 2 heterocycles. The molecule has 0 unspecified atom stereocenters. The van der Waals surface area contributed by atoms with Crippen LogP contribution < -0.4 is 4.74 Å². The Morgan fingerprint density at radius 3 is 3.10 bits per heavy atom. The number of ether oxygens (including phenoxy) is 1. The van der Waals surface area contributed by atoms with Crippen molar-refractivity contribution in [3.8, 4) is 5.88 Å². The maximum atomic E-state index is 12.5. The zero-order chi connectivity index (χ0) is 14.5. The first kappa shape index (κ1) is 14.3. The van der Waals surface area contributed by atoms with Crippen molar-refractivity contribution >= 4 is 18.1 Å². The van der Waals surface area contributed by atoms with E-state index >= 15 is 0 Å². The van der Waals surface area contributed by atoms with E-state index in [2.05, 4.69) is 18.1 Å². The second-order valence-electron chi connectivity index (χ2n) is 4.39. The average molecular weight is 288 g/mol. The van der Waals surface area contributed by atoms with Crippen molar-refractivity contribution in [2.24, 2.45) is 0 Å². The van der Waals surface area contributed by atoms with Crippen molar-refractivity contribution in [3.63, 3.8) is 0 Å². The molecule has 1 amide bonds. The van der Waals surface area contributed by atoms with Crippen LogP contribution in [0.5, 0.6) is 5.88 Å². The average Bonchev–Trinajstić information content (AvgIpc) is 2.57. The highest BCUT2D eigenvalue weighted by Gasteiger charge is 2.23. The highest BCUT2D eigenvalue weighted by molar-refractivity contribution is 7.71. The minimum atomic E-state index is -0.0862. The van der Waals surface area contributed by atoms with Crippen LogP contribution in [0.15, 0.2) is 49.1 Å². The minimum Gasteiger partial charge on any atom is -0.476 e.